The third-order valence-electron chi connectivity index (χ3n) is 6.76. The molecular formula is C27H32FN6O2P. The number of hydrogen-bond acceptors (Lipinski definition) is 5. The molecule has 4 aromatic rings. The highest BCUT2D eigenvalue weighted by Crippen LogP contribution is 2.33. The van der Waals surface area contributed by atoms with E-state index in [1.807, 2.05) is 45.4 Å². The Hall–Kier alpha value is -3.29. The van der Waals surface area contributed by atoms with Gasteiger partial charge in [0, 0.05) is 20.1 Å². The number of aromatic nitrogens is 4. The van der Waals surface area contributed by atoms with E-state index in [9.17, 15) is 4.79 Å². The Bertz CT molecular complexity index is 1480. The van der Waals surface area contributed by atoms with E-state index in [0.717, 1.165) is 46.4 Å². The summed E-state index contributed by atoms with van der Waals surface area (Å²) >= 11 is 0. The minimum Gasteiger partial charge on any atom is -0.378 e. The van der Waals surface area contributed by atoms with Gasteiger partial charge in [0.15, 0.2) is 0 Å². The summed E-state index contributed by atoms with van der Waals surface area (Å²) in [5, 5.41) is 4.98. The standard InChI is InChI=1S/C27H32FN6O2P/c1-17-10-23(37)22(31(5)26(35)21-15-30-34(25(21)28)27(2,3)4)13-20(17)18-11-19-14-29-16-33(19)24(12-18)32-6-8-36-9-7-32/h10-16H,6-9,37H2,1-5H3. The first kappa shape index (κ1) is 25.4. The van der Waals surface area contributed by atoms with Crippen LogP contribution in [0.3, 0.4) is 0 Å². The van der Waals surface area contributed by atoms with Crippen LogP contribution in [-0.2, 0) is 10.3 Å². The van der Waals surface area contributed by atoms with E-state index >= 15 is 4.39 Å². The van der Waals surface area contributed by atoms with Crippen LogP contribution >= 0.6 is 9.24 Å². The molecule has 194 valence electrons. The fourth-order valence-corrected chi connectivity index (χ4v) is 5.29. The predicted molar refractivity (Wildman–Crippen MR) is 148 cm³/mol. The van der Waals surface area contributed by atoms with E-state index < -0.39 is 17.4 Å². The summed E-state index contributed by atoms with van der Waals surface area (Å²) in [5.74, 6) is -0.0413. The second kappa shape index (κ2) is 9.54. The van der Waals surface area contributed by atoms with Gasteiger partial charge in [-0.15, -0.1) is 9.24 Å². The molecule has 37 heavy (non-hydrogen) atoms. The van der Waals surface area contributed by atoms with Crippen molar-refractivity contribution in [2.75, 3.05) is 43.2 Å². The average Bonchev–Trinajstić information content (AvgIpc) is 3.49. The summed E-state index contributed by atoms with van der Waals surface area (Å²) in [6, 6.07) is 8.28. The van der Waals surface area contributed by atoms with Crippen LogP contribution in [0.25, 0.3) is 16.6 Å². The number of rotatable bonds is 4. The largest absolute Gasteiger partial charge is 0.378 e. The fraction of sp³-hybridized carbons (Fsp3) is 0.370. The maximum atomic E-state index is 15.1. The molecule has 8 nitrogen and oxygen atoms in total. The highest BCUT2D eigenvalue weighted by Gasteiger charge is 2.27. The number of morpholine rings is 1. The normalized spacial score (nSPS) is 14.4. The lowest BCUT2D eigenvalue weighted by Crippen LogP contribution is -2.37. The van der Waals surface area contributed by atoms with Crippen LogP contribution < -0.4 is 15.1 Å². The molecule has 3 aromatic heterocycles. The summed E-state index contributed by atoms with van der Waals surface area (Å²) in [6.45, 7) is 10.6. The van der Waals surface area contributed by atoms with E-state index in [-0.39, 0.29) is 5.56 Å². The number of nitrogens with zero attached hydrogens (tertiary/aromatic N) is 6. The number of pyridine rings is 1. The molecule has 1 unspecified atom stereocenters. The first-order chi connectivity index (χ1) is 17.6. The molecule has 1 fully saturated rings. The number of carbonyl (C=O) groups excluding carboxylic acids is 1. The predicted octanol–water partition coefficient (Wildman–Crippen LogP) is 4.01. The van der Waals surface area contributed by atoms with Gasteiger partial charge in [-0.1, -0.05) is 0 Å². The lowest BCUT2D eigenvalue weighted by atomic mass is 9.99. The number of imidazole rings is 1. The smallest absolute Gasteiger partial charge is 0.264 e. The van der Waals surface area contributed by atoms with Crippen LogP contribution in [0.5, 0.6) is 0 Å². The lowest BCUT2D eigenvalue weighted by Gasteiger charge is -2.30. The second-order valence-corrected chi connectivity index (χ2v) is 11.0. The highest BCUT2D eigenvalue weighted by atomic mass is 31.0. The van der Waals surface area contributed by atoms with Crippen molar-refractivity contribution in [1.29, 1.82) is 0 Å². The summed E-state index contributed by atoms with van der Waals surface area (Å²) in [7, 11) is 4.36. The van der Waals surface area contributed by atoms with Gasteiger partial charge in [-0.2, -0.15) is 9.49 Å². The van der Waals surface area contributed by atoms with Crippen LogP contribution in [0.4, 0.5) is 15.9 Å². The van der Waals surface area contributed by atoms with Gasteiger partial charge in [0.1, 0.15) is 17.7 Å². The molecule has 0 radical (unpaired) electrons. The third kappa shape index (κ3) is 4.62. The summed E-state index contributed by atoms with van der Waals surface area (Å²) in [5.41, 5.74) is 4.11. The van der Waals surface area contributed by atoms with Crippen molar-refractivity contribution in [3.8, 4) is 11.1 Å². The molecule has 0 N–H and O–H groups in total. The van der Waals surface area contributed by atoms with Gasteiger partial charge >= 0.3 is 0 Å². The maximum absolute atomic E-state index is 15.1. The van der Waals surface area contributed by atoms with Crippen LogP contribution in [-0.4, -0.2) is 58.4 Å². The second-order valence-electron chi connectivity index (χ2n) is 10.4. The van der Waals surface area contributed by atoms with E-state index in [1.165, 1.54) is 15.8 Å². The average molecular weight is 523 g/mol. The van der Waals surface area contributed by atoms with Crippen molar-refractivity contribution in [3.05, 3.63) is 60.1 Å². The SMILES string of the molecule is Cc1cc(P)c(N(C)C(=O)c2cnn(C(C)(C)C)c2F)cc1-c1cc(N2CCOCC2)n2cncc2c1. The zero-order chi connectivity index (χ0) is 26.5. The molecule has 1 aromatic carbocycles. The Morgan fingerprint density at radius 3 is 2.54 bits per heavy atom. The van der Waals surface area contributed by atoms with Crippen molar-refractivity contribution in [2.45, 2.75) is 33.2 Å². The Morgan fingerprint density at radius 2 is 1.86 bits per heavy atom. The Kier molecular flexibility index (Phi) is 6.54. The summed E-state index contributed by atoms with van der Waals surface area (Å²) < 4.78 is 24.0. The highest BCUT2D eigenvalue weighted by molar-refractivity contribution is 7.28. The van der Waals surface area contributed by atoms with Gasteiger partial charge in [0.05, 0.1) is 42.4 Å². The first-order valence-corrected chi connectivity index (χ1v) is 12.9. The van der Waals surface area contributed by atoms with Crippen molar-refractivity contribution in [3.63, 3.8) is 0 Å². The van der Waals surface area contributed by atoms with E-state index in [4.69, 9.17) is 4.74 Å². The van der Waals surface area contributed by atoms with Crippen molar-refractivity contribution >= 4 is 37.5 Å². The van der Waals surface area contributed by atoms with Gasteiger partial charge in [-0.25, -0.2) is 9.67 Å². The number of carbonyl (C=O) groups is 1. The molecule has 1 saturated heterocycles. The van der Waals surface area contributed by atoms with Crippen LogP contribution in [0.2, 0.25) is 0 Å². The zero-order valence-electron chi connectivity index (χ0n) is 21.8. The van der Waals surface area contributed by atoms with E-state index in [0.29, 0.717) is 18.9 Å². The number of aryl methyl sites for hydroxylation is 1. The molecular weight excluding hydrogens is 490 g/mol. The minimum atomic E-state index is -0.636. The Labute approximate surface area is 218 Å². The van der Waals surface area contributed by atoms with Gasteiger partial charge in [0.2, 0.25) is 5.95 Å². The molecule has 0 spiro atoms. The fourth-order valence-electron chi connectivity index (χ4n) is 4.76. The Morgan fingerprint density at radius 1 is 1.14 bits per heavy atom. The van der Waals surface area contributed by atoms with Crippen molar-refractivity contribution < 1.29 is 13.9 Å². The topological polar surface area (TPSA) is 67.9 Å². The molecule has 0 saturated carbocycles. The lowest BCUT2D eigenvalue weighted by molar-refractivity contribution is 0.0988. The summed E-state index contributed by atoms with van der Waals surface area (Å²) in [6.07, 6.45) is 4.98. The van der Waals surface area contributed by atoms with Gasteiger partial charge in [-0.05, 0) is 74.0 Å². The molecule has 1 atom stereocenters. The molecule has 4 heterocycles. The Balaban J connectivity index is 1.56. The first-order valence-electron chi connectivity index (χ1n) is 12.3. The van der Waals surface area contributed by atoms with Gasteiger partial charge < -0.3 is 14.5 Å². The van der Waals surface area contributed by atoms with Crippen LogP contribution in [0.15, 0.2) is 43.0 Å². The number of ether oxygens (including phenoxy) is 1. The maximum Gasteiger partial charge on any atom is 0.264 e. The van der Waals surface area contributed by atoms with Gasteiger partial charge in [0.25, 0.3) is 5.91 Å². The van der Waals surface area contributed by atoms with Crippen LogP contribution in [0.1, 0.15) is 36.7 Å². The third-order valence-corrected chi connectivity index (χ3v) is 7.23. The zero-order valence-corrected chi connectivity index (χ0v) is 23.0. The molecule has 10 heteroatoms. The van der Waals surface area contributed by atoms with Crippen LogP contribution in [0, 0.1) is 12.9 Å². The summed E-state index contributed by atoms with van der Waals surface area (Å²) in [4.78, 5) is 21.5. The number of benzene rings is 1. The molecule has 1 aliphatic rings. The quantitative estimate of drug-likeness (QED) is 0.379. The molecule has 0 aliphatic carbocycles. The van der Waals surface area contributed by atoms with Crippen molar-refractivity contribution in [2.24, 2.45) is 0 Å². The molecule has 5 rings (SSSR count). The number of fused-ring (bicyclic) bond motifs is 1. The van der Waals surface area contributed by atoms with E-state index in [1.54, 1.807) is 7.05 Å². The minimum absolute atomic E-state index is 0.0563. The number of halogens is 1. The number of hydrogen-bond donors (Lipinski definition) is 0. The van der Waals surface area contributed by atoms with Gasteiger partial charge in [-0.3, -0.25) is 9.20 Å². The molecule has 1 amide bonds. The number of amides is 1. The van der Waals surface area contributed by atoms with E-state index in [2.05, 4.69) is 47.7 Å². The molecule has 0 bridgehead atoms. The number of anilines is 2. The van der Waals surface area contributed by atoms with Crippen molar-refractivity contribution in [1.82, 2.24) is 19.2 Å². The monoisotopic (exact) mass is 522 g/mol. The molecule has 1 aliphatic heterocycles.